The molecule has 0 spiro atoms. The van der Waals surface area contributed by atoms with Crippen LogP contribution in [0.1, 0.15) is 0 Å². The van der Waals surface area contributed by atoms with Crippen LogP contribution in [0.15, 0.2) is 89.6 Å². The molecule has 0 saturated carbocycles. The summed E-state index contributed by atoms with van der Waals surface area (Å²) in [5.41, 5.74) is 3.28. The minimum absolute atomic E-state index is 0.889. The number of aromatic nitrogens is 1. The number of para-hydroxylation sites is 1. The molecule has 0 radical (unpaired) electrons. The molecule has 0 unspecified atom stereocenters. The average Bonchev–Trinajstić information content (AvgIpc) is 3.43. The first kappa shape index (κ1) is 16.2. The van der Waals surface area contributed by atoms with Crippen LogP contribution < -0.4 is 5.32 Å². The number of benzene rings is 2. The number of pyridine rings is 1. The maximum atomic E-state index is 5.10. The van der Waals surface area contributed by atoms with Crippen molar-refractivity contribution in [2.24, 2.45) is 0 Å². The van der Waals surface area contributed by atoms with Gasteiger partial charge in [0.1, 0.15) is 5.82 Å². The number of hydrogen-bond donors (Lipinski definition) is 1. The Balaban J connectivity index is 1.81. The highest BCUT2D eigenvalue weighted by Gasteiger charge is 2.18. The highest BCUT2D eigenvalue weighted by Crippen LogP contribution is 2.42. The molecule has 0 bridgehead atoms. The van der Waals surface area contributed by atoms with E-state index in [1.165, 1.54) is 20.7 Å². The van der Waals surface area contributed by atoms with Crippen molar-refractivity contribution in [1.29, 1.82) is 0 Å². The summed E-state index contributed by atoms with van der Waals surface area (Å²) in [6.45, 7) is 0. The molecule has 0 aliphatic heterocycles. The Morgan fingerprint density at radius 3 is 2.00 bits per heavy atom. The van der Waals surface area contributed by atoms with Crippen LogP contribution in [0.25, 0.3) is 31.8 Å². The molecule has 0 amide bonds. The molecule has 1 N–H and O–H groups in total. The summed E-state index contributed by atoms with van der Waals surface area (Å²) in [5, 5.41) is 10.1. The number of nitrogens with one attached hydrogen (secondary N) is 1. The van der Waals surface area contributed by atoms with E-state index in [1.54, 1.807) is 22.7 Å². The normalized spacial score (nSPS) is 11.0. The fourth-order valence-corrected chi connectivity index (χ4v) is 4.78. The van der Waals surface area contributed by atoms with Gasteiger partial charge < -0.3 is 5.32 Å². The summed E-state index contributed by atoms with van der Waals surface area (Å²) in [6.07, 6.45) is 0. The summed E-state index contributed by atoms with van der Waals surface area (Å²) in [5.74, 6) is 0.889. The lowest BCUT2D eigenvalue weighted by Gasteiger charge is -2.15. The van der Waals surface area contributed by atoms with Gasteiger partial charge in [0.05, 0.1) is 10.6 Å². The van der Waals surface area contributed by atoms with Gasteiger partial charge in [-0.2, -0.15) is 0 Å². The predicted molar refractivity (Wildman–Crippen MR) is 118 cm³/mol. The number of hydrogen-bond acceptors (Lipinski definition) is 4. The van der Waals surface area contributed by atoms with Gasteiger partial charge in [0.15, 0.2) is 0 Å². The molecular formula is C23H16N2S2. The van der Waals surface area contributed by atoms with Gasteiger partial charge in [-0.15, -0.1) is 22.7 Å². The fourth-order valence-electron chi connectivity index (χ4n) is 3.28. The van der Waals surface area contributed by atoms with Gasteiger partial charge in [-0.3, -0.25) is 0 Å². The van der Waals surface area contributed by atoms with Crippen LogP contribution in [0.5, 0.6) is 0 Å². The molecule has 3 heterocycles. The van der Waals surface area contributed by atoms with Gasteiger partial charge in [-0.25, -0.2) is 4.98 Å². The van der Waals surface area contributed by atoms with Gasteiger partial charge in [0.2, 0.25) is 0 Å². The van der Waals surface area contributed by atoms with E-state index in [0.717, 1.165) is 22.6 Å². The van der Waals surface area contributed by atoms with Crippen LogP contribution in [-0.4, -0.2) is 4.98 Å². The van der Waals surface area contributed by atoms with Gasteiger partial charge in [-0.05, 0) is 40.4 Å². The molecular weight excluding hydrogens is 368 g/mol. The largest absolute Gasteiger partial charge is 0.340 e. The molecule has 0 aliphatic rings. The second-order valence-corrected chi connectivity index (χ2v) is 8.07. The summed E-state index contributed by atoms with van der Waals surface area (Å²) < 4.78 is 0. The van der Waals surface area contributed by atoms with E-state index in [4.69, 9.17) is 4.98 Å². The van der Waals surface area contributed by atoms with E-state index >= 15 is 0 Å². The molecule has 3 aromatic heterocycles. The van der Waals surface area contributed by atoms with Gasteiger partial charge in [0, 0.05) is 21.5 Å². The topological polar surface area (TPSA) is 24.9 Å². The van der Waals surface area contributed by atoms with Gasteiger partial charge in [0.25, 0.3) is 0 Å². The van der Waals surface area contributed by atoms with Crippen LogP contribution in [0.3, 0.4) is 0 Å². The van der Waals surface area contributed by atoms with Crippen molar-refractivity contribution in [3.05, 3.63) is 89.6 Å². The summed E-state index contributed by atoms with van der Waals surface area (Å²) in [7, 11) is 0. The van der Waals surface area contributed by atoms with Crippen molar-refractivity contribution in [2.75, 3.05) is 5.32 Å². The average molecular weight is 385 g/mol. The Kier molecular flexibility index (Phi) is 4.20. The maximum absolute atomic E-state index is 5.10. The smallest absolute Gasteiger partial charge is 0.139 e. The summed E-state index contributed by atoms with van der Waals surface area (Å²) >= 11 is 3.48. The van der Waals surface area contributed by atoms with Crippen molar-refractivity contribution in [1.82, 2.24) is 4.98 Å². The fraction of sp³-hybridized carbons (Fsp3) is 0. The van der Waals surface area contributed by atoms with E-state index in [-0.39, 0.29) is 0 Å². The zero-order valence-corrected chi connectivity index (χ0v) is 16.1. The first-order chi connectivity index (χ1) is 13.4. The number of anilines is 2. The van der Waals surface area contributed by atoms with Crippen molar-refractivity contribution in [2.45, 2.75) is 0 Å². The Bertz CT molecular complexity index is 1180. The number of nitrogens with zero attached hydrogens (tertiary/aromatic N) is 1. The summed E-state index contributed by atoms with van der Waals surface area (Å²) in [4.78, 5) is 7.53. The third kappa shape index (κ3) is 3.03. The van der Waals surface area contributed by atoms with E-state index < -0.39 is 0 Å². The molecule has 4 heteroatoms. The van der Waals surface area contributed by atoms with E-state index in [2.05, 4.69) is 76.7 Å². The second kappa shape index (κ2) is 6.99. The first-order valence-corrected chi connectivity index (χ1v) is 10.5. The number of fused-ring (bicyclic) bond motifs is 1. The molecule has 27 heavy (non-hydrogen) atoms. The molecule has 2 aromatic carbocycles. The van der Waals surface area contributed by atoms with Crippen molar-refractivity contribution >= 4 is 45.0 Å². The van der Waals surface area contributed by atoms with Crippen molar-refractivity contribution in [3.63, 3.8) is 0 Å². The molecule has 0 atom stereocenters. The first-order valence-electron chi connectivity index (χ1n) is 8.73. The van der Waals surface area contributed by atoms with Crippen molar-refractivity contribution in [3.8, 4) is 21.0 Å². The standard InChI is InChI=1S/C23H16N2S2/c1-2-8-16(9-3-1)24-23-18-11-5-4-10-17(18)21(19-12-6-14-26-19)22(25-23)20-13-7-15-27-20/h1-15H,(H,24,25). The van der Waals surface area contributed by atoms with Gasteiger partial charge in [-0.1, -0.05) is 54.6 Å². The monoisotopic (exact) mass is 384 g/mol. The molecule has 130 valence electrons. The SMILES string of the molecule is c1ccc(Nc2nc(-c3cccs3)c(-c3cccs3)c3ccccc23)cc1. The Morgan fingerprint density at radius 2 is 1.30 bits per heavy atom. The number of rotatable bonds is 4. The van der Waals surface area contributed by atoms with Crippen LogP contribution >= 0.6 is 22.7 Å². The second-order valence-electron chi connectivity index (χ2n) is 6.18. The third-order valence-electron chi connectivity index (χ3n) is 4.47. The zero-order valence-electron chi connectivity index (χ0n) is 14.4. The predicted octanol–water partition coefficient (Wildman–Crippen LogP) is 7.44. The molecule has 5 aromatic rings. The van der Waals surface area contributed by atoms with E-state index in [0.29, 0.717) is 0 Å². The molecule has 0 aliphatic carbocycles. The zero-order chi connectivity index (χ0) is 18.1. The molecule has 0 saturated heterocycles. The Labute approximate surface area is 165 Å². The van der Waals surface area contributed by atoms with Crippen molar-refractivity contribution < 1.29 is 0 Å². The minimum Gasteiger partial charge on any atom is -0.340 e. The Morgan fingerprint density at radius 1 is 0.630 bits per heavy atom. The Hall–Kier alpha value is -2.95. The lowest BCUT2D eigenvalue weighted by atomic mass is 10.0. The lowest BCUT2D eigenvalue weighted by molar-refractivity contribution is 1.35. The molecule has 5 rings (SSSR count). The van der Waals surface area contributed by atoms with Gasteiger partial charge >= 0.3 is 0 Å². The lowest BCUT2D eigenvalue weighted by Crippen LogP contribution is -1.98. The molecule has 0 fully saturated rings. The summed E-state index contributed by atoms with van der Waals surface area (Å²) in [6, 6.07) is 27.2. The molecule has 2 nitrogen and oxygen atoms in total. The third-order valence-corrected chi connectivity index (χ3v) is 6.23. The maximum Gasteiger partial charge on any atom is 0.139 e. The highest BCUT2D eigenvalue weighted by molar-refractivity contribution is 7.14. The van der Waals surface area contributed by atoms with E-state index in [9.17, 15) is 0 Å². The minimum atomic E-state index is 0.889. The van der Waals surface area contributed by atoms with Crippen LogP contribution in [0.2, 0.25) is 0 Å². The van der Waals surface area contributed by atoms with Crippen LogP contribution in [0, 0.1) is 0 Å². The van der Waals surface area contributed by atoms with Crippen LogP contribution in [0.4, 0.5) is 11.5 Å². The number of thiophene rings is 2. The van der Waals surface area contributed by atoms with Crippen LogP contribution in [-0.2, 0) is 0 Å². The highest BCUT2D eigenvalue weighted by atomic mass is 32.1. The van der Waals surface area contributed by atoms with E-state index in [1.807, 2.05) is 18.2 Å². The quantitative estimate of drug-likeness (QED) is 0.348.